The van der Waals surface area contributed by atoms with Crippen LogP contribution in [0.3, 0.4) is 0 Å². The molecule has 9 heteroatoms. The van der Waals surface area contributed by atoms with Gasteiger partial charge in [0.05, 0.1) is 22.6 Å². The van der Waals surface area contributed by atoms with Gasteiger partial charge in [-0.05, 0) is 31.2 Å². The first kappa shape index (κ1) is 21.1. The average molecular weight is 401 g/mol. The molecule has 2 rings (SSSR count). The van der Waals surface area contributed by atoms with Gasteiger partial charge in [0.25, 0.3) is 5.91 Å². The summed E-state index contributed by atoms with van der Waals surface area (Å²) in [6.07, 6.45) is -1.34. The molecule has 2 aromatic rings. The number of hydrogen-bond donors (Lipinski definition) is 2. The highest BCUT2D eigenvalue weighted by Gasteiger charge is 2.20. The van der Waals surface area contributed by atoms with E-state index in [4.69, 9.17) is 10.00 Å². The van der Waals surface area contributed by atoms with Crippen LogP contribution in [0, 0.1) is 11.3 Å². The van der Waals surface area contributed by atoms with Crippen LogP contribution in [-0.2, 0) is 24.3 Å². The van der Waals surface area contributed by atoms with E-state index >= 15 is 0 Å². The minimum absolute atomic E-state index is 0.0901. The molecule has 0 aliphatic heterocycles. The van der Waals surface area contributed by atoms with Gasteiger partial charge in [-0.3, -0.25) is 9.59 Å². The van der Waals surface area contributed by atoms with E-state index in [9.17, 15) is 18.0 Å². The number of anilines is 1. The molecule has 0 saturated heterocycles. The van der Waals surface area contributed by atoms with Gasteiger partial charge < -0.3 is 10.1 Å². The molecule has 0 unspecified atom stereocenters. The maximum Gasteiger partial charge on any atom is 0.307 e. The van der Waals surface area contributed by atoms with Crippen molar-refractivity contribution in [2.45, 2.75) is 24.3 Å². The highest BCUT2D eigenvalue weighted by Crippen LogP contribution is 2.14. The van der Waals surface area contributed by atoms with Crippen LogP contribution in [0.1, 0.15) is 18.9 Å². The first-order valence-electron chi connectivity index (χ1n) is 8.37. The zero-order chi connectivity index (χ0) is 20.6. The van der Waals surface area contributed by atoms with E-state index < -0.39 is 28.0 Å². The number of hydrogen-bond acceptors (Lipinski definition) is 6. The number of nitrogens with zero attached hydrogens (tertiary/aromatic N) is 1. The standard InChI is InChI=1S/C19H19N3O5S/c1-14(19(24)22-17-10-6-5-7-15(17)13-20)27-18(23)11-12-21-28(25,26)16-8-3-2-4-9-16/h2-10,14,21H,11-12H2,1H3,(H,22,24)/t14-/m0/s1. The van der Waals surface area contributed by atoms with Crippen LogP contribution < -0.4 is 10.0 Å². The molecule has 8 nitrogen and oxygen atoms in total. The van der Waals surface area contributed by atoms with Gasteiger partial charge in [0.1, 0.15) is 6.07 Å². The van der Waals surface area contributed by atoms with Gasteiger partial charge in [0, 0.05) is 6.54 Å². The zero-order valence-electron chi connectivity index (χ0n) is 15.1. The Labute approximate surface area is 163 Å². The molecule has 2 aromatic carbocycles. The van der Waals surface area contributed by atoms with Crippen molar-refractivity contribution in [3.05, 3.63) is 60.2 Å². The molecule has 1 amide bonds. The summed E-state index contributed by atoms with van der Waals surface area (Å²) in [4.78, 5) is 24.1. The number of ether oxygens (including phenoxy) is 1. The van der Waals surface area contributed by atoms with Crippen LogP contribution in [-0.4, -0.2) is 32.9 Å². The first-order valence-corrected chi connectivity index (χ1v) is 9.86. The Morgan fingerprint density at radius 2 is 1.75 bits per heavy atom. The van der Waals surface area contributed by atoms with Gasteiger partial charge in [0.2, 0.25) is 10.0 Å². The molecule has 0 saturated carbocycles. The van der Waals surface area contributed by atoms with Gasteiger partial charge in [-0.1, -0.05) is 30.3 Å². The van der Waals surface area contributed by atoms with Gasteiger partial charge in [0.15, 0.2) is 6.10 Å². The molecule has 146 valence electrons. The third kappa shape index (κ3) is 5.90. The van der Waals surface area contributed by atoms with Crippen molar-refractivity contribution >= 4 is 27.6 Å². The summed E-state index contributed by atoms with van der Waals surface area (Å²) in [6.45, 7) is 1.22. The number of nitrogens with one attached hydrogen (secondary N) is 2. The second-order valence-electron chi connectivity index (χ2n) is 5.74. The molecule has 2 N–H and O–H groups in total. The first-order chi connectivity index (χ1) is 13.3. The summed E-state index contributed by atoms with van der Waals surface area (Å²) in [6, 6.07) is 16.1. The quantitative estimate of drug-likeness (QED) is 0.650. The van der Waals surface area contributed by atoms with Crippen LogP contribution in [0.25, 0.3) is 0 Å². The second kappa shape index (κ2) is 9.64. The van der Waals surface area contributed by atoms with Gasteiger partial charge in [-0.25, -0.2) is 13.1 Å². The lowest BCUT2D eigenvalue weighted by molar-refractivity contribution is -0.152. The summed E-state index contributed by atoms with van der Waals surface area (Å²) < 4.78 is 31.4. The number of carbonyl (C=O) groups is 2. The van der Waals surface area contributed by atoms with E-state index in [1.807, 2.05) is 6.07 Å². The monoisotopic (exact) mass is 401 g/mol. The molecule has 0 bridgehead atoms. The fourth-order valence-electron chi connectivity index (χ4n) is 2.20. The Hall–Kier alpha value is -3.22. The Balaban J connectivity index is 1.82. The molecule has 0 fully saturated rings. The molecule has 0 radical (unpaired) electrons. The predicted molar refractivity (Wildman–Crippen MR) is 102 cm³/mol. The number of benzene rings is 2. The molecule has 0 aromatic heterocycles. The third-order valence-electron chi connectivity index (χ3n) is 3.66. The summed E-state index contributed by atoms with van der Waals surface area (Å²) in [7, 11) is -3.72. The van der Waals surface area contributed by atoms with Crippen molar-refractivity contribution in [3.63, 3.8) is 0 Å². The topological polar surface area (TPSA) is 125 Å². The van der Waals surface area contributed by atoms with E-state index in [1.165, 1.54) is 19.1 Å². The van der Waals surface area contributed by atoms with Crippen LogP contribution >= 0.6 is 0 Å². The van der Waals surface area contributed by atoms with Crippen molar-refractivity contribution in [2.24, 2.45) is 0 Å². The number of amides is 1. The summed E-state index contributed by atoms with van der Waals surface area (Å²) in [5.74, 6) is -1.33. The largest absolute Gasteiger partial charge is 0.452 e. The highest BCUT2D eigenvalue weighted by atomic mass is 32.2. The summed E-state index contributed by atoms with van der Waals surface area (Å²) in [5, 5.41) is 11.5. The van der Waals surface area contributed by atoms with E-state index in [1.54, 1.807) is 42.5 Å². The Kier molecular flexibility index (Phi) is 7.26. The van der Waals surface area contributed by atoms with Gasteiger partial charge in [-0.15, -0.1) is 0 Å². The molecular weight excluding hydrogens is 382 g/mol. The Morgan fingerprint density at radius 1 is 1.11 bits per heavy atom. The summed E-state index contributed by atoms with van der Waals surface area (Å²) >= 11 is 0. The van der Waals surface area contributed by atoms with Crippen LogP contribution in [0.4, 0.5) is 5.69 Å². The van der Waals surface area contributed by atoms with Crippen molar-refractivity contribution in [1.29, 1.82) is 5.26 Å². The SMILES string of the molecule is C[C@H](OC(=O)CCNS(=O)(=O)c1ccccc1)C(=O)Nc1ccccc1C#N. The molecule has 0 heterocycles. The van der Waals surface area contributed by atoms with E-state index in [0.717, 1.165) is 0 Å². The number of esters is 1. The molecule has 0 aliphatic rings. The third-order valence-corrected chi connectivity index (χ3v) is 5.13. The van der Waals surface area contributed by atoms with Crippen LogP contribution in [0.5, 0.6) is 0 Å². The number of rotatable bonds is 8. The Morgan fingerprint density at radius 3 is 2.43 bits per heavy atom. The van der Waals surface area contributed by atoms with Gasteiger partial charge in [-0.2, -0.15) is 5.26 Å². The molecule has 28 heavy (non-hydrogen) atoms. The van der Waals surface area contributed by atoms with Crippen molar-refractivity contribution < 1.29 is 22.7 Å². The van der Waals surface area contributed by atoms with Crippen LogP contribution in [0.15, 0.2) is 59.5 Å². The average Bonchev–Trinajstić information content (AvgIpc) is 2.68. The summed E-state index contributed by atoms with van der Waals surface area (Å²) in [5.41, 5.74) is 0.596. The number of nitriles is 1. The maximum absolute atomic E-state index is 12.1. The Bertz CT molecular complexity index is 984. The lowest BCUT2D eigenvalue weighted by atomic mass is 10.2. The minimum Gasteiger partial charge on any atom is -0.452 e. The van der Waals surface area contributed by atoms with Crippen molar-refractivity contribution in [2.75, 3.05) is 11.9 Å². The van der Waals surface area contributed by atoms with Gasteiger partial charge >= 0.3 is 5.97 Å². The number of sulfonamides is 1. The molecule has 1 atom stereocenters. The minimum atomic E-state index is -3.72. The highest BCUT2D eigenvalue weighted by molar-refractivity contribution is 7.89. The van der Waals surface area contributed by atoms with E-state index in [0.29, 0.717) is 5.69 Å². The maximum atomic E-state index is 12.1. The smallest absolute Gasteiger partial charge is 0.307 e. The fraction of sp³-hybridized carbons (Fsp3) is 0.211. The lowest BCUT2D eigenvalue weighted by Crippen LogP contribution is -2.32. The van der Waals surface area contributed by atoms with Crippen molar-refractivity contribution in [3.8, 4) is 6.07 Å². The van der Waals surface area contributed by atoms with Crippen LogP contribution in [0.2, 0.25) is 0 Å². The lowest BCUT2D eigenvalue weighted by Gasteiger charge is -2.14. The zero-order valence-corrected chi connectivity index (χ0v) is 15.9. The van der Waals surface area contributed by atoms with E-state index in [2.05, 4.69) is 10.0 Å². The normalized spacial score (nSPS) is 11.9. The predicted octanol–water partition coefficient (Wildman–Crippen LogP) is 1.80. The second-order valence-corrected chi connectivity index (χ2v) is 7.51. The van der Waals surface area contributed by atoms with Crippen molar-refractivity contribution in [1.82, 2.24) is 4.72 Å². The molecule has 0 aliphatic carbocycles. The number of para-hydroxylation sites is 1. The van der Waals surface area contributed by atoms with E-state index in [-0.39, 0.29) is 23.4 Å². The fourth-order valence-corrected chi connectivity index (χ4v) is 3.26. The molecule has 0 spiro atoms. The number of carbonyl (C=O) groups excluding carboxylic acids is 2. The molecular formula is C19H19N3O5S.